The summed E-state index contributed by atoms with van der Waals surface area (Å²) >= 11 is 0. The molecule has 4 aromatic carbocycles. The van der Waals surface area contributed by atoms with E-state index in [-0.39, 0.29) is 18.8 Å². The van der Waals surface area contributed by atoms with E-state index in [0.717, 1.165) is 16.3 Å². The highest BCUT2D eigenvalue weighted by Gasteiger charge is 2.32. The molecule has 0 heterocycles. The van der Waals surface area contributed by atoms with Gasteiger partial charge in [-0.05, 0) is 47.6 Å². The zero-order valence-corrected chi connectivity index (χ0v) is 30.8. The van der Waals surface area contributed by atoms with Gasteiger partial charge in [0.05, 0.1) is 13.5 Å². The van der Waals surface area contributed by atoms with E-state index in [4.69, 9.17) is 9.47 Å². The Morgan fingerprint density at radius 1 is 0.691 bits per heavy atom. The van der Waals surface area contributed by atoms with Gasteiger partial charge in [0.15, 0.2) is 0 Å². The molecule has 15 heteroatoms. The molecule has 0 saturated heterocycles. The summed E-state index contributed by atoms with van der Waals surface area (Å²) in [5, 5.41) is 33.5. The molecule has 290 valence electrons. The molecule has 0 aliphatic carbocycles. The van der Waals surface area contributed by atoms with Gasteiger partial charge in [-0.25, -0.2) is 4.79 Å². The van der Waals surface area contributed by atoms with Gasteiger partial charge in [0, 0.05) is 23.6 Å². The maximum atomic E-state index is 13.7. The number of amides is 5. The number of phenols is 1. The highest BCUT2D eigenvalue weighted by atomic mass is 16.5. The maximum Gasteiger partial charge on any atom is 0.408 e. The minimum Gasteiger partial charge on any atom is -0.508 e. The number of nitrogens with one attached hydrogen (secondary N) is 5. The van der Waals surface area contributed by atoms with Crippen molar-refractivity contribution in [2.75, 3.05) is 12.4 Å². The van der Waals surface area contributed by atoms with Gasteiger partial charge in [0.2, 0.25) is 23.6 Å². The van der Waals surface area contributed by atoms with Crippen molar-refractivity contribution < 1.29 is 48.5 Å². The molecule has 0 aliphatic heterocycles. The van der Waals surface area contributed by atoms with Crippen LogP contribution in [0, 0.1) is 5.92 Å². The second-order valence-corrected chi connectivity index (χ2v) is 13.1. The lowest BCUT2D eigenvalue weighted by Gasteiger charge is -2.27. The van der Waals surface area contributed by atoms with Gasteiger partial charge >= 0.3 is 12.1 Å². The molecule has 0 aromatic heterocycles. The van der Waals surface area contributed by atoms with Crippen molar-refractivity contribution in [2.45, 2.75) is 64.4 Å². The molecule has 15 nitrogen and oxygen atoms in total. The predicted molar refractivity (Wildman–Crippen MR) is 203 cm³/mol. The van der Waals surface area contributed by atoms with Crippen LogP contribution in [0.1, 0.15) is 38.3 Å². The van der Waals surface area contributed by atoms with E-state index >= 15 is 0 Å². The molecule has 55 heavy (non-hydrogen) atoms. The molecule has 4 rings (SSSR count). The van der Waals surface area contributed by atoms with Crippen LogP contribution in [0.4, 0.5) is 10.5 Å². The Kier molecular flexibility index (Phi) is 14.5. The van der Waals surface area contributed by atoms with Gasteiger partial charge < -0.3 is 46.3 Å². The van der Waals surface area contributed by atoms with E-state index < -0.39 is 72.2 Å². The molecule has 0 bridgehead atoms. The number of carboxylic acid groups (broad SMARTS) is 1. The molecular weight excluding hydrogens is 710 g/mol. The van der Waals surface area contributed by atoms with E-state index in [0.29, 0.717) is 17.0 Å². The first-order valence-electron chi connectivity index (χ1n) is 17.5. The number of hydrogen-bond acceptors (Lipinski definition) is 9. The summed E-state index contributed by atoms with van der Waals surface area (Å²) in [7, 11) is 1.48. The van der Waals surface area contributed by atoms with Crippen LogP contribution < -0.4 is 31.3 Å². The molecule has 4 aromatic rings. The number of methoxy groups -OCH3 is 1. The summed E-state index contributed by atoms with van der Waals surface area (Å²) in [6.07, 6.45) is -1.65. The number of carboxylic acids is 1. The molecule has 4 atom stereocenters. The standard InChI is InChI=1S/C40H45N5O10/c1-23(2)35(45-38(51)31(18-25-14-16-29(46)17-15-25)44-40(53)55-22-26-10-6-5-7-11-26)39(52)41-24(3)36(49)43-32(21-34(47)48)37(50)42-28-19-27-12-8-9-13-30(27)33(20-28)54-4/h5-17,19-20,23-24,31-32,35,46H,18,21-22H2,1-4H3,(H,41,52)(H,42,50)(H,43,49)(H,44,53)(H,45,51)(H,47,48)/t24-,31-,32-,35-/m0/s1. The first-order valence-corrected chi connectivity index (χ1v) is 17.5. The third kappa shape index (κ3) is 12.2. The van der Waals surface area contributed by atoms with Crippen molar-refractivity contribution in [2.24, 2.45) is 5.92 Å². The van der Waals surface area contributed by atoms with Crippen LogP contribution in [0.3, 0.4) is 0 Å². The first-order chi connectivity index (χ1) is 26.2. The largest absolute Gasteiger partial charge is 0.508 e. The van der Waals surface area contributed by atoms with Crippen molar-refractivity contribution in [1.82, 2.24) is 21.3 Å². The number of fused-ring (bicyclic) bond motifs is 1. The smallest absolute Gasteiger partial charge is 0.408 e. The van der Waals surface area contributed by atoms with Crippen molar-refractivity contribution in [3.8, 4) is 11.5 Å². The Hall–Kier alpha value is -6.64. The van der Waals surface area contributed by atoms with Crippen LogP contribution in [-0.2, 0) is 41.7 Å². The minimum atomic E-state index is -1.52. The molecule has 0 fully saturated rings. The van der Waals surface area contributed by atoms with Crippen LogP contribution in [0.25, 0.3) is 10.8 Å². The van der Waals surface area contributed by atoms with E-state index in [9.17, 15) is 39.0 Å². The van der Waals surface area contributed by atoms with Gasteiger partial charge in [-0.1, -0.05) is 80.6 Å². The Labute approximate surface area is 317 Å². The maximum absolute atomic E-state index is 13.7. The molecule has 7 N–H and O–H groups in total. The second kappa shape index (κ2) is 19.4. The molecule has 0 unspecified atom stereocenters. The van der Waals surface area contributed by atoms with E-state index in [1.807, 2.05) is 30.3 Å². The average Bonchev–Trinajstić information content (AvgIpc) is 3.15. The van der Waals surface area contributed by atoms with Crippen molar-refractivity contribution in [3.63, 3.8) is 0 Å². The summed E-state index contributed by atoms with van der Waals surface area (Å²) < 4.78 is 10.8. The highest BCUT2D eigenvalue weighted by Crippen LogP contribution is 2.30. The van der Waals surface area contributed by atoms with Gasteiger partial charge in [0.1, 0.15) is 42.3 Å². The van der Waals surface area contributed by atoms with E-state index in [2.05, 4.69) is 26.6 Å². The Morgan fingerprint density at radius 2 is 1.36 bits per heavy atom. The topological polar surface area (TPSA) is 221 Å². The highest BCUT2D eigenvalue weighted by molar-refractivity contribution is 6.02. The molecule has 0 radical (unpaired) electrons. The Balaban J connectivity index is 1.42. The quantitative estimate of drug-likeness (QED) is 0.0829. The van der Waals surface area contributed by atoms with Crippen LogP contribution in [0.15, 0.2) is 91.0 Å². The number of rotatable bonds is 17. The first kappa shape index (κ1) is 41.1. The summed E-state index contributed by atoms with van der Waals surface area (Å²) in [4.78, 5) is 78.2. The van der Waals surface area contributed by atoms with Crippen molar-refractivity contribution >= 4 is 52.2 Å². The second-order valence-electron chi connectivity index (χ2n) is 13.1. The van der Waals surface area contributed by atoms with Gasteiger partial charge in [-0.3, -0.25) is 24.0 Å². The fraction of sp³-hybridized carbons (Fsp3) is 0.300. The van der Waals surface area contributed by atoms with Gasteiger partial charge in [-0.15, -0.1) is 0 Å². The Morgan fingerprint density at radius 3 is 2.02 bits per heavy atom. The van der Waals surface area contributed by atoms with E-state index in [1.165, 1.54) is 26.2 Å². The number of aromatic hydroxyl groups is 1. The normalized spacial score (nSPS) is 13.0. The number of benzene rings is 4. The SMILES string of the molecule is COc1cc(NC(=O)[C@H](CC(=O)O)NC(=O)[C@H](C)NC(=O)[C@@H](NC(=O)[C@H](Cc2ccc(O)cc2)NC(=O)OCc2ccccc2)C(C)C)cc2ccccc12. The van der Waals surface area contributed by atoms with E-state index in [1.54, 1.807) is 62.4 Å². The zero-order valence-electron chi connectivity index (χ0n) is 30.8. The number of anilines is 1. The lowest BCUT2D eigenvalue weighted by Crippen LogP contribution is -2.59. The summed E-state index contributed by atoms with van der Waals surface area (Å²) in [6.45, 7) is 4.63. The van der Waals surface area contributed by atoms with Crippen molar-refractivity contribution in [1.29, 1.82) is 0 Å². The number of alkyl carbamates (subject to hydrolysis) is 1. The molecule has 0 spiro atoms. The third-order valence-electron chi connectivity index (χ3n) is 8.52. The average molecular weight is 756 g/mol. The number of aliphatic carboxylic acids is 1. The molecular formula is C40H45N5O10. The number of carbonyl (C=O) groups is 6. The van der Waals surface area contributed by atoms with Gasteiger partial charge in [-0.2, -0.15) is 0 Å². The number of hydrogen-bond donors (Lipinski definition) is 7. The minimum absolute atomic E-state index is 0.00943. The van der Waals surface area contributed by atoms with Crippen LogP contribution in [0.5, 0.6) is 11.5 Å². The van der Waals surface area contributed by atoms with Crippen LogP contribution >= 0.6 is 0 Å². The Bertz CT molecular complexity index is 1990. The predicted octanol–water partition coefficient (Wildman–Crippen LogP) is 3.64. The summed E-state index contributed by atoms with van der Waals surface area (Å²) in [5.41, 5.74) is 1.63. The summed E-state index contributed by atoms with van der Waals surface area (Å²) in [5.74, 6) is -4.50. The number of ether oxygens (including phenoxy) is 2. The zero-order chi connectivity index (χ0) is 40.1. The van der Waals surface area contributed by atoms with Crippen LogP contribution in [0.2, 0.25) is 0 Å². The molecule has 5 amide bonds. The number of phenolic OH excluding ortho intramolecular Hbond substituents is 1. The van der Waals surface area contributed by atoms with Gasteiger partial charge in [0.25, 0.3) is 0 Å². The molecule has 0 aliphatic rings. The lowest BCUT2D eigenvalue weighted by molar-refractivity contribution is -0.140. The fourth-order valence-corrected chi connectivity index (χ4v) is 5.57. The fourth-order valence-electron chi connectivity index (χ4n) is 5.57. The van der Waals surface area contributed by atoms with Crippen LogP contribution in [-0.4, -0.2) is 77.2 Å². The third-order valence-corrected chi connectivity index (χ3v) is 8.52. The monoisotopic (exact) mass is 755 g/mol. The number of carbonyl (C=O) groups excluding carboxylic acids is 5. The lowest BCUT2D eigenvalue weighted by atomic mass is 10.0. The summed E-state index contributed by atoms with van der Waals surface area (Å²) in [6, 6.07) is 20.3. The van der Waals surface area contributed by atoms with Crippen molar-refractivity contribution in [3.05, 3.63) is 102 Å². The molecule has 0 saturated carbocycles.